The van der Waals surface area contributed by atoms with Gasteiger partial charge in [-0.1, -0.05) is 19.1 Å². The number of benzene rings is 3. The summed E-state index contributed by atoms with van der Waals surface area (Å²) in [5.41, 5.74) is 10.0. The Bertz CT molecular complexity index is 1560. The first kappa shape index (κ1) is 21.5. The molecule has 0 amide bonds. The molecule has 0 aliphatic carbocycles. The van der Waals surface area contributed by atoms with Crippen LogP contribution in [0.15, 0.2) is 71.7 Å². The first-order valence-corrected chi connectivity index (χ1v) is 10.9. The van der Waals surface area contributed by atoms with Crippen molar-refractivity contribution >= 4 is 16.6 Å². The monoisotopic (exact) mass is 457 g/mol. The fraction of sp³-hybridized carbons (Fsp3) is 0.154. The maximum absolute atomic E-state index is 13.3. The van der Waals surface area contributed by atoms with Gasteiger partial charge >= 0.3 is 5.69 Å². The number of nitrogens with two attached hydrogens (primary N) is 1. The third-order valence-corrected chi connectivity index (χ3v) is 6.23. The number of nitrogens with one attached hydrogen (secondary N) is 1. The number of halogens is 1. The second kappa shape index (κ2) is 8.22. The van der Waals surface area contributed by atoms with Gasteiger partial charge in [0.15, 0.2) is 5.82 Å². The molecule has 5 aromatic rings. The number of phenols is 1. The van der Waals surface area contributed by atoms with E-state index in [0.717, 1.165) is 16.5 Å². The highest BCUT2D eigenvalue weighted by Gasteiger charge is 2.20. The molecule has 0 aliphatic heterocycles. The fourth-order valence-corrected chi connectivity index (χ4v) is 4.42. The lowest BCUT2D eigenvalue weighted by Crippen LogP contribution is -2.16. The highest BCUT2D eigenvalue weighted by molar-refractivity contribution is 5.83. The lowest BCUT2D eigenvalue weighted by molar-refractivity contribution is 0.463. The summed E-state index contributed by atoms with van der Waals surface area (Å²) in [6.45, 7) is 1.97. The van der Waals surface area contributed by atoms with E-state index in [4.69, 9.17) is 5.73 Å². The number of aryl methyl sites for hydroxylation is 1. The number of hydrogen-bond donors (Lipinski definition) is 3. The summed E-state index contributed by atoms with van der Waals surface area (Å²) in [7, 11) is 1.96. The van der Waals surface area contributed by atoms with E-state index in [-0.39, 0.29) is 17.5 Å². The molecule has 0 saturated carbocycles. The highest BCUT2D eigenvalue weighted by atomic mass is 19.1. The molecule has 0 aliphatic rings. The minimum Gasteiger partial charge on any atom is -0.508 e. The Morgan fingerprint density at radius 1 is 1.12 bits per heavy atom. The summed E-state index contributed by atoms with van der Waals surface area (Å²) in [4.78, 5) is 12.7. The molecule has 34 heavy (non-hydrogen) atoms. The molecule has 2 aromatic heterocycles. The van der Waals surface area contributed by atoms with Crippen LogP contribution in [0.2, 0.25) is 0 Å². The van der Waals surface area contributed by atoms with Crippen LogP contribution in [0.25, 0.3) is 28.0 Å². The molecule has 3 aromatic carbocycles. The molecule has 1 unspecified atom stereocenters. The average Bonchev–Trinajstić information content (AvgIpc) is 3.37. The molecule has 172 valence electrons. The number of aromatic nitrogens is 4. The van der Waals surface area contributed by atoms with Crippen molar-refractivity contribution in [1.82, 2.24) is 19.3 Å². The van der Waals surface area contributed by atoms with Gasteiger partial charge in [-0.25, -0.2) is 18.9 Å². The van der Waals surface area contributed by atoms with Gasteiger partial charge < -0.3 is 15.4 Å². The predicted octanol–water partition coefficient (Wildman–Crippen LogP) is 4.49. The number of nitrogen functional groups attached to an aromatic ring is 1. The number of phenolic OH excluding ortho intramolecular Hbond substituents is 1. The average molecular weight is 458 g/mol. The summed E-state index contributed by atoms with van der Waals surface area (Å²) in [6.07, 6.45) is 2.55. The molecular weight excluding hydrogens is 433 g/mol. The molecule has 1 atom stereocenters. The zero-order valence-corrected chi connectivity index (χ0v) is 18.8. The number of aromatic amines is 1. The van der Waals surface area contributed by atoms with Crippen LogP contribution in [0.5, 0.6) is 5.75 Å². The Balaban J connectivity index is 1.58. The Morgan fingerprint density at radius 2 is 1.88 bits per heavy atom. The van der Waals surface area contributed by atoms with Gasteiger partial charge in [0.1, 0.15) is 11.6 Å². The Hall–Kier alpha value is -4.33. The van der Waals surface area contributed by atoms with Gasteiger partial charge in [-0.3, -0.25) is 0 Å². The van der Waals surface area contributed by atoms with Crippen molar-refractivity contribution in [3.8, 4) is 22.8 Å². The topological polar surface area (TPSA) is 102 Å². The normalized spacial score (nSPS) is 12.3. The van der Waals surface area contributed by atoms with Gasteiger partial charge in [-0.15, -0.1) is 0 Å². The molecule has 0 bridgehead atoms. The van der Waals surface area contributed by atoms with Crippen molar-refractivity contribution in [3.63, 3.8) is 0 Å². The maximum atomic E-state index is 13.3. The smallest absolute Gasteiger partial charge is 0.348 e. The summed E-state index contributed by atoms with van der Waals surface area (Å²) in [6, 6.07) is 17.3. The van der Waals surface area contributed by atoms with E-state index in [2.05, 4.69) is 10.2 Å². The number of anilines is 1. The first-order valence-electron chi connectivity index (χ1n) is 10.9. The second-order valence-corrected chi connectivity index (χ2v) is 8.59. The van der Waals surface area contributed by atoms with Gasteiger partial charge in [0.25, 0.3) is 0 Å². The van der Waals surface area contributed by atoms with Crippen molar-refractivity contribution in [1.29, 1.82) is 0 Å². The van der Waals surface area contributed by atoms with Crippen LogP contribution in [0.4, 0.5) is 10.1 Å². The van der Waals surface area contributed by atoms with Crippen LogP contribution in [0.3, 0.4) is 0 Å². The molecule has 0 spiro atoms. The van der Waals surface area contributed by atoms with E-state index in [1.807, 2.05) is 49.0 Å². The standard InChI is InChI=1S/C26H24FN5O2/c1-15(11-16-3-5-18(27)6-4-16)20-13-21(22(28)14-24(20)33)25-29-30-26(34)32(25)19-7-8-23-17(12-19)9-10-31(23)2/h3-10,12-15,33H,11,28H2,1-2H3,(H,30,34). The summed E-state index contributed by atoms with van der Waals surface area (Å²) < 4.78 is 16.8. The third kappa shape index (κ3) is 3.73. The summed E-state index contributed by atoms with van der Waals surface area (Å²) >= 11 is 0. The minimum atomic E-state index is -0.390. The number of nitrogens with zero attached hydrogens (tertiary/aromatic N) is 3. The SMILES string of the molecule is CC(Cc1ccc(F)cc1)c1cc(-c2n[nH]c(=O)n2-c2ccc3c(ccn3C)c2)c(N)cc1O. The Kier molecular flexibility index (Phi) is 5.20. The largest absolute Gasteiger partial charge is 0.508 e. The number of rotatable bonds is 5. The molecule has 7 nitrogen and oxygen atoms in total. The maximum Gasteiger partial charge on any atom is 0.348 e. The highest BCUT2D eigenvalue weighted by Crippen LogP contribution is 2.36. The third-order valence-electron chi connectivity index (χ3n) is 6.23. The number of H-pyrrole nitrogens is 1. The van der Waals surface area contributed by atoms with E-state index < -0.39 is 5.69 Å². The van der Waals surface area contributed by atoms with Gasteiger partial charge in [-0.2, -0.15) is 5.10 Å². The molecule has 4 N–H and O–H groups in total. The summed E-state index contributed by atoms with van der Waals surface area (Å²) in [5.74, 6) is 0.0304. The van der Waals surface area contributed by atoms with E-state index in [9.17, 15) is 14.3 Å². The van der Waals surface area contributed by atoms with Crippen LogP contribution in [-0.2, 0) is 13.5 Å². The van der Waals surface area contributed by atoms with Crippen molar-refractivity contribution in [2.45, 2.75) is 19.3 Å². The number of hydrogen-bond acceptors (Lipinski definition) is 4. The van der Waals surface area contributed by atoms with Gasteiger partial charge in [0, 0.05) is 41.5 Å². The quantitative estimate of drug-likeness (QED) is 0.338. The summed E-state index contributed by atoms with van der Waals surface area (Å²) in [5, 5.41) is 18.4. The van der Waals surface area contributed by atoms with E-state index in [0.29, 0.717) is 34.7 Å². The predicted molar refractivity (Wildman–Crippen MR) is 131 cm³/mol. The van der Waals surface area contributed by atoms with Crippen LogP contribution < -0.4 is 11.4 Å². The van der Waals surface area contributed by atoms with Crippen molar-refractivity contribution in [2.24, 2.45) is 7.05 Å². The first-order chi connectivity index (χ1) is 16.3. The van der Waals surface area contributed by atoms with E-state index in [1.165, 1.54) is 22.8 Å². The van der Waals surface area contributed by atoms with Crippen molar-refractivity contribution < 1.29 is 9.50 Å². The van der Waals surface area contributed by atoms with Crippen LogP contribution in [0, 0.1) is 5.82 Å². The molecule has 5 rings (SSSR count). The lowest BCUT2D eigenvalue weighted by atomic mass is 9.91. The van der Waals surface area contributed by atoms with Gasteiger partial charge in [-0.05, 0) is 65.9 Å². The Labute approximate surface area is 194 Å². The van der Waals surface area contributed by atoms with Crippen molar-refractivity contribution in [3.05, 3.63) is 94.3 Å². The second-order valence-electron chi connectivity index (χ2n) is 8.59. The van der Waals surface area contributed by atoms with E-state index >= 15 is 0 Å². The molecular formula is C26H24FN5O2. The molecule has 8 heteroatoms. The molecule has 0 radical (unpaired) electrons. The van der Waals surface area contributed by atoms with E-state index in [1.54, 1.807) is 18.2 Å². The molecule has 2 heterocycles. The minimum absolute atomic E-state index is 0.0611. The lowest BCUT2D eigenvalue weighted by Gasteiger charge is -2.17. The molecule has 0 saturated heterocycles. The van der Waals surface area contributed by atoms with Gasteiger partial charge in [0.05, 0.1) is 5.69 Å². The number of fused-ring (bicyclic) bond motifs is 1. The van der Waals surface area contributed by atoms with Crippen molar-refractivity contribution in [2.75, 3.05) is 5.73 Å². The fourth-order valence-electron chi connectivity index (χ4n) is 4.42. The zero-order chi connectivity index (χ0) is 24.0. The zero-order valence-electron chi connectivity index (χ0n) is 18.8. The van der Waals surface area contributed by atoms with Crippen LogP contribution in [0.1, 0.15) is 24.0 Å². The van der Waals surface area contributed by atoms with Crippen LogP contribution >= 0.6 is 0 Å². The van der Waals surface area contributed by atoms with Crippen LogP contribution in [-0.4, -0.2) is 24.4 Å². The number of aromatic hydroxyl groups is 1. The molecule has 0 fully saturated rings. The van der Waals surface area contributed by atoms with Gasteiger partial charge in [0.2, 0.25) is 0 Å². The Morgan fingerprint density at radius 3 is 2.65 bits per heavy atom.